The molecule has 20 heavy (non-hydrogen) atoms. The lowest BCUT2D eigenvalue weighted by Gasteiger charge is -2.31. The van der Waals surface area contributed by atoms with Gasteiger partial charge in [-0.05, 0) is 75.6 Å². The van der Waals surface area contributed by atoms with Crippen LogP contribution in [0.4, 0.5) is 0 Å². The van der Waals surface area contributed by atoms with Gasteiger partial charge in [-0.15, -0.1) is 0 Å². The normalized spacial score (nSPS) is 17.2. The summed E-state index contributed by atoms with van der Waals surface area (Å²) in [4.78, 5) is 14.4. The third kappa shape index (κ3) is 4.32. The number of likely N-dealkylation sites (tertiary alicyclic amines) is 1. The third-order valence-electron chi connectivity index (χ3n) is 4.11. The molecule has 0 aromatic heterocycles. The number of phenolic OH excluding ortho intramolecular Hbond substituents is 1. The van der Waals surface area contributed by atoms with E-state index < -0.39 is 0 Å². The summed E-state index contributed by atoms with van der Waals surface area (Å²) in [7, 11) is 0. The largest absolute Gasteiger partial charge is 0.508 e. The maximum atomic E-state index is 12.0. The van der Waals surface area contributed by atoms with E-state index in [0.29, 0.717) is 17.9 Å². The van der Waals surface area contributed by atoms with Gasteiger partial charge in [0.25, 0.3) is 0 Å². The van der Waals surface area contributed by atoms with E-state index in [-0.39, 0.29) is 11.5 Å². The zero-order valence-corrected chi connectivity index (χ0v) is 11.9. The first kappa shape index (κ1) is 15.0. The minimum absolute atomic E-state index is 0.154. The van der Waals surface area contributed by atoms with Crippen molar-refractivity contribution < 1.29 is 9.90 Å². The van der Waals surface area contributed by atoms with E-state index in [0.717, 1.165) is 32.6 Å². The van der Waals surface area contributed by atoms with Crippen molar-refractivity contribution in [2.24, 2.45) is 11.7 Å². The molecule has 1 aliphatic heterocycles. The van der Waals surface area contributed by atoms with Gasteiger partial charge >= 0.3 is 0 Å². The Morgan fingerprint density at radius 2 is 1.90 bits per heavy atom. The Bertz CT molecular complexity index is 423. The fourth-order valence-corrected chi connectivity index (χ4v) is 2.70. The molecule has 110 valence electrons. The molecule has 0 saturated carbocycles. The van der Waals surface area contributed by atoms with E-state index in [2.05, 4.69) is 4.90 Å². The number of phenols is 1. The van der Waals surface area contributed by atoms with Gasteiger partial charge in [-0.2, -0.15) is 0 Å². The second-order valence-electron chi connectivity index (χ2n) is 5.59. The van der Waals surface area contributed by atoms with Crippen LogP contribution in [0.1, 0.15) is 36.0 Å². The quantitative estimate of drug-likeness (QED) is 0.780. The Morgan fingerprint density at radius 3 is 2.50 bits per heavy atom. The maximum absolute atomic E-state index is 12.0. The fourth-order valence-electron chi connectivity index (χ4n) is 2.70. The van der Waals surface area contributed by atoms with E-state index in [1.54, 1.807) is 24.3 Å². The predicted octanol–water partition coefficient (Wildman–Crippen LogP) is 2.03. The Labute approximate surface area is 120 Å². The van der Waals surface area contributed by atoms with Gasteiger partial charge < -0.3 is 15.7 Å². The summed E-state index contributed by atoms with van der Waals surface area (Å²) in [5.74, 6) is 1.04. The average Bonchev–Trinajstić information content (AvgIpc) is 2.48. The van der Waals surface area contributed by atoms with Crippen molar-refractivity contribution in [1.29, 1.82) is 0 Å². The number of benzene rings is 1. The Kier molecular flexibility index (Phi) is 5.56. The molecule has 0 unspecified atom stereocenters. The molecule has 3 N–H and O–H groups in total. The van der Waals surface area contributed by atoms with Crippen LogP contribution in [0.2, 0.25) is 0 Å². The standard InChI is InChI=1S/C16H24N2O2/c17-12-13-7-10-18(11-8-13)9-1-2-16(20)14-3-5-15(19)6-4-14/h3-6,13,19H,1-2,7-12,17H2. The van der Waals surface area contributed by atoms with Crippen molar-refractivity contribution >= 4 is 5.78 Å². The molecule has 0 bridgehead atoms. The number of rotatable bonds is 6. The summed E-state index contributed by atoms with van der Waals surface area (Å²) in [5, 5.41) is 9.20. The SMILES string of the molecule is NCC1CCN(CCCC(=O)c2ccc(O)cc2)CC1. The molecule has 1 aromatic carbocycles. The fraction of sp³-hybridized carbons (Fsp3) is 0.562. The number of carbonyl (C=O) groups is 1. The number of Topliss-reactive ketones (excluding diaryl/α,β-unsaturated/α-hetero) is 1. The van der Waals surface area contributed by atoms with Gasteiger partial charge in [0.15, 0.2) is 5.78 Å². The second-order valence-corrected chi connectivity index (χ2v) is 5.59. The van der Waals surface area contributed by atoms with Gasteiger partial charge in [0.05, 0.1) is 0 Å². The van der Waals surface area contributed by atoms with Crippen molar-refractivity contribution in [3.63, 3.8) is 0 Å². The molecule has 0 radical (unpaired) electrons. The summed E-state index contributed by atoms with van der Waals surface area (Å²) >= 11 is 0. The van der Waals surface area contributed by atoms with Gasteiger partial charge in [-0.1, -0.05) is 0 Å². The highest BCUT2D eigenvalue weighted by Crippen LogP contribution is 2.17. The average molecular weight is 276 g/mol. The minimum atomic E-state index is 0.154. The van der Waals surface area contributed by atoms with Crippen LogP contribution in [0, 0.1) is 5.92 Å². The van der Waals surface area contributed by atoms with Crippen LogP contribution in [-0.4, -0.2) is 42.0 Å². The number of nitrogens with two attached hydrogens (primary N) is 1. The monoisotopic (exact) mass is 276 g/mol. The first-order chi connectivity index (χ1) is 9.69. The van der Waals surface area contributed by atoms with Gasteiger partial charge in [0, 0.05) is 12.0 Å². The molecule has 0 amide bonds. The summed E-state index contributed by atoms with van der Waals surface area (Å²) in [6.45, 7) is 4.00. The van der Waals surface area contributed by atoms with Crippen LogP contribution in [0.5, 0.6) is 5.75 Å². The second kappa shape index (κ2) is 7.41. The molecule has 0 spiro atoms. The minimum Gasteiger partial charge on any atom is -0.508 e. The molecule has 1 aliphatic rings. The molecule has 1 heterocycles. The number of hydrogen-bond donors (Lipinski definition) is 2. The number of aromatic hydroxyl groups is 1. The van der Waals surface area contributed by atoms with Crippen LogP contribution in [0.25, 0.3) is 0 Å². The topological polar surface area (TPSA) is 66.6 Å². The van der Waals surface area contributed by atoms with Crippen molar-refractivity contribution in [2.45, 2.75) is 25.7 Å². The van der Waals surface area contributed by atoms with Crippen molar-refractivity contribution in [1.82, 2.24) is 4.90 Å². The van der Waals surface area contributed by atoms with Gasteiger partial charge in [0.2, 0.25) is 0 Å². The van der Waals surface area contributed by atoms with Gasteiger partial charge in [-0.25, -0.2) is 0 Å². The van der Waals surface area contributed by atoms with E-state index in [4.69, 9.17) is 5.73 Å². The number of nitrogens with zero attached hydrogens (tertiary/aromatic N) is 1. The highest BCUT2D eigenvalue weighted by Gasteiger charge is 2.17. The summed E-state index contributed by atoms with van der Waals surface area (Å²) < 4.78 is 0. The first-order valence-electron chi connectivity index (χ1n) is 7.43. The van der Waals surface area contributed by atoms with Gasteiger partial charge in [-0.3, -0.25) is 4.79 Å². The number of ketones is 1. The molecule has 0 atom stereocenters. The van der Waals surface area contributed by atoms with Crippen LogP contribution in [0.3, 0.4) is 0 Å². The summed E-state index contributed by atoms with van der Waals surface area (Å²) in [6.07, 6.45) is 3.83. The Morgan fingerprint density at radius 1 is 1.25 bits per heavy atom. The highest BCUT2D eigenvalue weighted by molar-refractivity contribution is 5.96. The first-order valence-corrected chi connectivity index (χ1v) is 7.43. The molecule has 4 heteroatoms. The molecule has 2 rings (SSSR count). The molecule has 1 aromatic rings. The van der Waals surface area contributed by atoms with Crippen molar-refractivity contribution in [3.8, 4) is 5.75 Å². The van der Waals surface area contributed by atoms with Gasteiger partial charge in [0.1, 0.15) is 5.75 Å². The number of piperidine rings is 1. The summed E-state index contributed by atoms with van der Waals surface area (Å²) in [5.41, 5.74) is 6.37. The van der Waals surface area contributed by atoms with E-state index >= 15 is 0 Å². The van der Waals surface area contributed by atoms with E-state index in [9.17, 15) is 9.90 Å². The molecular weight excluding hydrogens is 252 g/mol. The summed E-state index contributed by atoms with van der Waals surface area (Å²) in [6, 6.07) is 6.49. The van der Waals surface area contributed by atoms with Crippen molar-refractivity contribution in [2.75, 3.05) is 26.2 Å². The number of hydrogen-bond acceptors (Lipinski definition) is 4. The molecule has 0 aliphatic carbocycles. The van der Waals surface area contributed by atoms with Crippen LogP contribution in [-0.2, 0) is 0 Å². The third-order valence-corrected chi connectivity index (χ3v) is 4.11. The van der Waals surface area contributed by atoms with Crippen LogP contribution in [0.15, 0.2) is 24.3 Å². The van der Waals surface area contributed by atoms with Crippen molar-refractivity contribution in [3.05, 3.63) is 29.8 Å². The van der Waals surface area contributed by atoms with E-state index in [1.165, 1.54) is 12.8 Å². The lowest BCUT2D eigenvalue weighted by molar-refractivity contribution is 0.0970. The lowest BCUT2D eigenvalue weighted by Crippen LogP contribution is -2.36. The van der Waals surface area contributed by atoms with Crippen LogP contribution < -0.4 is 5.73 Å². The Balaban J connectivity index is 1.68. The predicted molar refractivity (Wildman–Crippen MR) is 79.9 cm³/mol. The maximum Gasteiger partial charge on any atom is 0.162 e. The highest BCUT2D eigenvalue weighted by atomic mass is 16.3. The number of carbonyl (C=O) groups excluding carboxylic acids is 1. The lowest BCUT2D eigenvalue weighted by atomic mass is 9.97. The Hall–Kier alpha value is -1.39. The smallest absolute Gasteiger partial charge is 0.162 e. The molecular formula is C16H24N2O2. The van der Waals surface area contributed by atoms with E-state index in [1.807, 2.05) is 0 Å². The zero-order chi connectivity index (χ0) is 14.4. The molecule has 4 nitrogen and oxygen atoms in total. The van der Waals surface area contributed by atoms with Crippen LogP contribution >= 0.6 is 0 Å². The zero-order valence-electron chi connectivity index (χ0n) is 11.9. The molecule has 1 fully saturated rings. The molecule has 1 saturated heterocycles.